The second-order valence-electron chi connectivity index (χ2n) is 2.31. The van der Waals surface area contributed by atoms with E-state index in [-0.39, 0.29) is 0 Å². The van der Waals surface area contributed by atoms with Gasteiger partial charge in [0.25, 0.3) is 0 Å². The van der Waals surface area contributed by atoms with Crippen molar-refractivity contribution < 1.29 is 0 Å². The van der Waals surface area contributed by atoms with Gasteiger partial charge in [-0.1, -0.05) is 12.1 Å². The first kappa shape index (κ1) is 7.22. The van der Waals surface area contributed by atoms with Crippen LogP contribution < -0.4 is 0 Å². The van der Waals surface area contributed by atoms with Gasteiger partial charge in [0.15, 0.2) is 0 Å². The monoisotopic (exact) mass is 174 g/mol. The molecule has 0 aliphatic rings. The van der Waals surface area contributed by atoms with E-state index in [2.05, 4.69) is 10.9 Å². The molecule has 58 valence electrons. The van der Waals surface area contributed by atoms with E-state index in [0.29, 0.717) is 0 Å². The van der Waals surface area contributed by atoms with Gasteiger partial charge in [-0.25, -0.2) is 4.98 Å². The molecule has 1 N–H and O–H groups in total. The average molecular weight is 174 g/mol. The van der Waals surface area contributed by atoms with Crippen LogP contribution in [0.25, 0.3) is 16.3 Å². The maximum Gasteiger partial charge on any atom is 0.126 e. The molecule has 0 saturated heterocycles. The van der Waals surface area contributed by atoms with E-state index in [0.717, 1.165) is 15.2 Å². The Bertz CT molecular complexity index is 419. The predicted molar refractivity (Wildman–Crippen MR) is 51.8 cm³/mol. The topological polar surface area (TPSA) is 36.7 Å². The van der Waals surface area contributed by atoms with Crippen molar-refractivity contribution in [3.05, 3.63) is 29.3 Å². The molecule has 3 heteroatoms. The van der Waals surface area contributed by atoms with Gasteiger partial charge in [0.2, 0.25) is 0 Å². The lowest BCUT2D eigenvalue weighted by atomic mass is 10.3. The van der Waals surface area contributed by atoms with Crippen LogP contribution in [0.4, 0.5) is 0 Å². The molecule has 0 bridgehead atoms. The highest BCUT2D eigenvalue weighted by molar-refractivity contribution is 7.19. The van der Waals surface area contributed by atoms with Crippen LogP contribution in [0.3, 0.4) is 0 Å². The zero-order valence-corrected chi connectivity index (χ0v) is 7.06. The van der Waals surface area contributed by atoms with Gasteiger partial charge in [0.05, 0.1) is 10.2 Å². The summed E-state index contributed by atoms with van der Waals surface area (Å²) in [7, 11) is 0. The van der Waals surface area contributed by atoms with Crippen molar-refractivity contribution in [2.24, 2.45) is 0 Å². The summed E-state index contributed by atoms with van der Waals surface area (Å²) in [6.45, 7) is 0. The van der Waals surface area contributed by atoms with Gasteiger partial charge in [-0.15, -0.1) is 11.3 Å². The summed E-state index contributed by atoms with van der Waals surface area (Å²) in [4.78, 5) is 4.28. The van der Waals surface area contributed by atoms with Crippen LogP contribution in [0.2, 0.25) is 0 Å². The average Bonchev–Trinajstić information content (AvgIpc) is 2.47. The molecule has 0 unspecified atom stereocenters. The zero-order valence-electron chi connectivity index (χ0n) is 6.24. The highest BCUT2D eigenvalue weighted by Crippen LogP contribution is 2.21. The van der Waals surface area contributed by atoms with E-state index in [4.69, 9.17) is 5.41 Å². The van der Waals surface area contributed by atoms with Crippen LogP contribution in [-0.2, 0) is 0 Å². The van der Waals surface area contributed by atoms with Crippen LogP contribution in [0.5, 0.6) is 0 Å². The Morgan fingerprint density at radius 2 is 2.25 bits per heavy atom. The molecule has 2 aromatic rings. The number of para-hydroxylation sites is 1. The molecule has 0 saturated carbocycles. The van der Waals surface area contributed by atoms with Crippen LogP contribution in [0, 0.1) is 5.41 Å². The molecule has 0 aliphatic heterocycles. The molecule has 1 heterocycles. The van der Waals surface area contributed by atoms with Crippen molar-refractivity contribution >= 4 is 33.5 Å². The van der Waals surface area contributed by atoms with Crippen LogP contribution >= 0.6 is 11.3 Å². The van der Waals surface area contributed by atoms with Crippen molar-refractivity contribution in [1.29, 1.82) is 5.41 Å². The fourth-order valence-electron chi connectivity index (χ4n) is 1.01. The van der Waals surface area contributed by atoms with Crippen LogP contribution in [-0.4, -0.2) is 10.9 Å². The van der Waals surface area contributed by atoms with E-state index in [1.807, 2.05) is 24.3 Å². The first-order valence-corrected chi connectivity index (χ1v) is 4.33. The number of thiazole rings is 1. The normalized spacial score (nSPS) is 9.67. The number of rotatable bonds is 1. The molecule has 0 aliphatic carbocycles. The Morgan fingerprint density at radius 1 is 1.42 bits per heavy atom. The largest absolute Gasteiger partial charge is 0.259 e. The number of hydrogen-bond acceptors (Lipinski definition) is 3. The summed E-state index contributed by atoms with van der Waals surface area (Å²) in [5.74, 6) is 2.22. The molecule has 1 aromatic carbocycles. The molecule has 0 atom stereocenters. The molecule has 2 rings (SSSR count). The van der Waals surface area contributed by atoms with Crippen molar-refractivity contribution in [3.8, 4) is 0 Å². The van der Waals surface area contributed by atoms with Crippen LogP contribution in [0.1, 0.15) is 5.01 Å². The number of nitrogens with zero attached hydrogens (tertiary/aromatic N) is 1. The maximum atomic E-state index is 6.77. The molecule has 2 nitrogen and oxygen atoms in total. The maximum absolute atomic E-state index is 6.77. The number of hydrogen-bond donors (Lipinski definition) is 1. The summed E-state index contributed by atoms with van der Waals surface area (Å²) in [6.07, 6.45) is 1.57. The predicted octanol–water partition coefficient (Wildman–Crippen LogP) is 2.56. The van der Waals surface area contributed by atoms with E-state index < -0.39 is 0 Å². The standard InChI is InChI=1S/C9H6N2S/c10-6-5-9-11-7-3-1-2-4-8(7)12-9/h1-5,10H. The molecular weight excluding hydrogens is 168 g/mol. The van der Waals surface area contributed by atoms with Gasteiger partial charge in [-0.2, -0.15) is 0 Å². The minimum Gasteiger partial charge on any atom is -0.259 e. The number of fused-ring (bicyclic) bond motifs is 1. The fourth-order valence-corrected chi connectivity index (χ4v) is 1.87. The molecule has 0 amide bonds. The lowest BCUT2D eigenvalue weighted by molar-refractivity contribution is 1.46. The van der Waals surface area contributed by atoms with Gasteiger partial charge >= 0.3 is 0 Å². The van der Waals surface area contributed by atoms with Crippen molar-refractivity contribution in [1.82, 2.24) is 4.98 Å². The number of aromatic nitrogens is 1. The molecular formula is C9H6N2S. The second kappa shape index (κ2) is 2.89. The lowest BCUT2D eigenvalue weighted by Crippen LogP contribution is -1.66. The number of nitrogens with one attached hydrogen (secondary N) is 1. The Morgan fingerprint density at radius 3 is 3.00 bits per heavy atom. The third-order valence-corrected chi connectivity index (χ3v) is 2.49. The Hall–Kier alpha value is -1.44. The van der Waals surface area contributed by atoms with Crippen molar-refractivity contribution in [2.45, 2.75) is 0 Å². The molecule has 0 spiro atoms. The smallest absolute Gasteiger partial charge is 0.126 e. The van der Waals surface area contributed by atoms with E-state index in [1.54, 1.807) is 17.4 Å². The Balaban J connectivity index is 2.69. The van der Waals surface area contributed by atoms with Crippen molar-refractivity contribution in [2.75, 3.05) is 0 Å². The van der Waals surface area contributed by atoms with E-state index in [9.17, 15) is 0 Å². The highest BCUT2D eigenvalue weighted by Gasteiger charge is 1.98. The first-order chi connectivity index (χ1) is 5.90. The van der Waals surface area contributed by atoms with E-state index >= 15 is 0 Å². The first-order valence-electron chi connectivity index (χ1n) is 3.51. The third-order valence-electron chi connectivity index (χ3n) is 1.51. The van der Waals surface area contributed by atoms with Gasteiger partial charge < -0.3 is 0 Å². The second-order valence-corrected chi connectivity index (χ2v) is 3.37. The fraction of sp³-hybridized carbons (Fsp3) is 0. The Kier molecular flexibility index (Phi) is 1.74. The summed E-state index contributed by atoms with van der Waals surface area (Å²) in [5.41, 5.74) is 0.990. The van der Waals surface area contributed by atoms with Gasteiger partial charge in [-0.05, 0) is 18.0 Å². The molecule has 0 radical (unpaired) electrons. The number of benzene rings is 1. The quantitative estimate of drug-likeness (QED) is 0.663. The molecule has 1 aromatic heterocycles. The van der Waals surface area contributed by atoms with Crippen molar-refractivity contribution in [3.63, 3.8) is 0 Å². The summed E-state index contributed by atoms with van der Waals surface area (Å²) >= 11 is 1.57. The zero-order chi connectivity index (χ0) is 8.39. The lowest BCUT2D eigenvalue weighted by Gasteiger charge is -1.80. The summed E-state index contributed by atoms with van der Waals surface area (Å²) < 4.78 is 1.15. The van der Waals surface area contributed by atoms with E-state index in [1.165, 1.54) is 0 Å². The summed E-state index contributed by atoms with van der Waals surface area (Å²) in [5, 5.41) is 7.61. The van der Waals surface area contributed by atoms with Crippen LogP contribution in [0.15, 0.2) is 24.3 Å². The van der Waals surface area contributed by atoms with Gasteiger partial charge in [0.1, 0.15) is 5.01 Å². The van der Waals surface area contributed by atoms with Gasteiger partial charge in [0, 0.05) is 6.08 Å². The SMILES string of the molecule is N=C=Cc1nc2ccccc2s1. The highest BCUT2D eigenvalue weighted by atomic mass is 32.1. The minimum atomic E-state index is 0.839. The minimum absolute atomic E-state index is 0.839. The Labute approximate surface area is 73.7 Å². The van der Waals surface area contributed by atoms with Gasteiger partial charge in [-0.3, -0.25) is 5.41 Å². The molecule has 0 fully saturated rings. The third kappa shape index (κ3) is 1.16. The molecule has 12 heavy (non-hydrogen) atoms. The summed E-state index contributed by atoms with van der Waals surface area (Å²) in [6, 6.07) is 7.93.